The predicted octanol–water partition coefficient (Wildman–Crippen LogP) is 3.09. The Labute approximate surface area is 113 Å². The van der Waals surface area contributed by atoms with Gasteiger partial charge in [-0.1, -0.05) is 6.92 Å². The minimum absolute atomic E-state index is 0.0364. The van der Waals surface area contributed by atoms with Crippen molar-refractivity contribution in [2.75, 3.05) is 0 Å². The molecule has 0 spiro atoms. The van der Waals surface area contributed by atoms with Gasteiger partial charge in [-0.2, -0.15) is 4.39 Å². The van der Waals surface area contributed by atoms with Crippen molar-refractivity contribution >= 4 is 16.9 Å². The highest BCUT2D eigenvalue weighted by molar-refractivity contribution is 5.83. The molecule has 0 saturated carbocycles. The molecule has 0 radical (unpaired) electrons. The summed E-state index contributed by atoms with van der Waals surface area (Å²) in [5.41, 5.74) is -0.803. The molecule has 0 aliphatic rings. The van der Waals surface area contributed by atoms with Crippen LogP contribution in [0.15, 0.2) is 21.3 Å². The molecule has 6 heteroatoms. The van der Waals surface area contributed by atoms with E-state index in [-0.39, 0.29) is 11.8 Å². The number of ether oxygens (including phenoxy) is 1. The number of hydrogen-bond donors (Lipinski definition) is 0. The molecule has 0 unspecified atom stereocenters. The maximum Gasteiger partial charge on any atom is 0.336 e. The number of esters is 1. The molecule has 0 aliphatic carbocycles. The Bertz CT molecular complexity index is 734. The third kappa shape index (κ3) is 2.54. The quantitative estimate of drug-likeness (QED) is 0.493. The van der Waals surface area contributed by atoms with Gasteiger partial charge in [0.2, 0.25) is 11.6 Å². The van der Waals surface area contributed by atoms with Gasteiger partial charge >= 0.3 is 11.6 Å². The highest BCUT2D eigenvalue weighted by Crippen LogP contribution is 2.30. The topological polar surface area (TPSA) is 56.5 Å². The van der Waals surface area contributed by atoms with Crippen molar-refractivity contribution in [2.45, 2.75) is 26.7 Å². The monoisotopic (exact) mass is 282 g/mol. The third-order valence-electron chi connectivity index (χ3n) is 2.76. The van der Waals surface area contributed by atoms with Crippen molar-refractivity contribution in [1.82, 2.24) is 0 Å². The maximum atomic E-state index is 14.1. The average molecular weight is 282 g/mol. The van der Waals surface area contributed by atoms with Crippen molar-refractivity contribution in [3.8, 4) is 5.75 Å². The van der Waals surface area contributed by atoms with Gasteiger partial charge in [-0.15, -0.1) is 0 Å². The molecule has 2 rings (SSSR count). The fraction of sp³-hybridized carbons (Fsp3) is 0.286. The van der Waals surface area contributed by atoms with Crippen LogP contribution in [-0.2, 0) is 4.79 Å². The van der Waals surface area contributed by atoms with E-state index in [9.17, 15) is 18.4 Å². The van der Waals surface area contributed by atoms with E-state index in [1.54, 1.807) is 6.92 Å². The lowest BCUT2D eigenvalue weighted by atomic mass is 10.1. The van der Waals surface area contributed by atoms with Crippen LogP contribution in [0.25, 0.3) is 11.0 Å². The summed E-state index contributed by atoms with van der Waals surface area (Å²) in [4.78, 5) is 22.6. The number of carbonyl (C=O) groups is 1. The van der Waals surface area contributed by atoms with Gasteiger partial charge in [-0.25, -0.2) is 9.18 Å². The van der Waals surface area contributed by atoms with E-state index in [0.717, 1.165) is 12.1 Å². The molecule has 0 bridgehead atoms. The second-order valence-electron chi connectivity index (χ2n) is 4.35. The zero-order valence-electron chi connectivity index (χ0n) is 11.0. The fourth-order valence-corrected chi connectivity index (χ4v) is 1.82. The molecule has 20 heavy (non-hydrogen) atoms. The Morgan fingerprint density at radius 2 is 2.05 bits per heavy atom. The number of halogens is 2. The number of benzene rings is 1. The molecular weight excluding hydrogens is 270 g/mol. The normalized spacial score (nSPS) is 10.8. The molecule has 1 aromatic carbocycles. The van der Waals surface area contributed by atoms with Crippen molar-refractivity contribution < 1.29 is 22.7 Å². The standard InChI is InChI=1S/C14H12F2O4/c1-3-4-10(17)19-14-9(15)6-8-7(2)5-11(18)20-13(8)12(14)16/h5-6H,3-4H2,1-2H3. The molecule has 1 aromatic heterocycles. The molecule has 106 valence electrons. The molecule has 2 aromatic rings. The molecular formula is C14H12F2O4. The van der Waals surface area contributed by atoms with E-state index in [1.165, 1.54) is 6.92 Å². The van der Waals surface area contributed by atoms with Crippen molar-refractivity contribution in [3.63, 3.8) is 0 Å². The summed E-state index contributed by atoms with van der Waals surface area (Å²) in [6.45, 7) is 3.26. The lowest BCUT2D eigenvalue weighted by molar-refractivity contribution is -0.134. The zero-order valence-corrected chi connectivity index (χ0v) is 11.0. The summed E-state index contributed by atoms with van der Waals surface area (Å²) in [7, 11) is 0. The number of hydrogen-bond acceptors (Lipinski definition) is 4. The molecule has 0 atom stereocenters. The van der Waals surface area contributed by atoms with Gasteiger partial charge < -0.3 is 9.15 Å². The summed E-state index contributed by atoms with van der Waals surface area (Å²) in [5, 5.41) is 0.120. The first kappa shape index (κ1) is 14.2. The Hall–Kier alpha value is -2.24. The minimum atomic E-state index is -1.19. The van der Waals surface area contributed by atoms with Crippen LogP contribution in [-0.4, -0.2) is 5.97 Å². The maximum absolute atomic E-state index is 14.1. The van der Waals surface area contributed by atoms with E-state index >= 15 is 0 Å². The molecule has 1 heterocycles. The lowest BCUT2D eigenvalue weighted by Gasteiger charge is -2.08. The van der Waals surface area contributed by atoms with E-state index in [0.29, 0.717) is 12.0 Å². The van der Waals surface area contributed by atoms with Gasteiger partial charge in [0.05, 0.1) is 0 Å². The van der Waals surface area contributed by atoms with Crippen molar-refractivity contribution in [1.29, 1.82) is 0 Å². The van der Waals surface area contributed by atoms with Gasteiger partial charge in [0.25, 0.3) is 0 Å². The Morgan fingerprint density at radius 1 is 1.35 bits per heavy atom. The van der Waals surface area contributed by atoms with Crippen LogP contribution in [0.5, 0.6) is 5.75 Å². The van der Waals surface area contributed by atoms with Crippen LogP contribution < -0.4 is 10.4 Å². The molecule has 0 amide bonds. The summed E-state index contributed by atoms with van der Waals surface area (Å²) >= 11 is 0. The molecule has 0 saturated heterocycles. The number of aryl methyl sites for hydroxylation is 1. The molecule has 0 N–H and O–H groups in total. The largest absolute Gasteiger partial charge is 0.420 e. The minimum Gasteiger partial charge on any atom is -0.420 e. The van der Waals surface area contributed by atoms with Gasteiger partial charge in [0.15, 0.2) is 11.4 Å². The predicted molar refractivity (Wildman–Crippen MR) is 67.7 cm³/mol. The number of rotatable bonds is 3. The number of fused-ring (bicyclic) bond motifs is 1. The fourth-order valence-electron chi connectivity index (χ4n) is 1.82. The second kappa shape index (κ2) is 5.40. The van der Waals surface area contributed by atoms with Gasteiger partial charge in [0.1, 0.15) is 0 Å². The van der Waals surface area contributed by atoms with Crippen molar-refractivity contribution in [2.24, 2.45) is 0 Å². The smallest absolute Gasteiger partial charge is 0.336 e. The second-order valence-corrected chi connectivity index (χ2v) is 4.35. The highest BCUT2D eigenvalue weighted by Gasteiger charge is 2.21. The Kier molecular flexibility index (Phi) is 3.83. The van der Waals surface area contributed by atoms with Crippen LogP contribution in [0.2, 0.25) is 0 Å². The van der Waals surface area contributed by atoms with Crippen LogP contribution in [0, 0.1) is 18.6 Å². The summed E-state index contributed by atoms with van der Waals surface area (Å²) in [6.07, 6.45) is 0.526. The first-order valence-corrected chi connectivity index (χ1v) is 6.07. The highest BCUT2D eigenvalue weighted by atomic mass is 19.1. The van der Waals surface area contributed by atoms with Gasteiger partial charge in [-0.3, -0.25) is 4.79 Å². The Morgan fingerprint density at radius 3 is 2.70 bits per heavy atom. The lowest BCUT2D eigenvalue weighted by Crippen LogP contribution is -2.10. The van der Waals surface area contributed by atoms with E-state index < -0.39 is 34.6 Å². The summed E-state index contributed by atoms with van der Waals surface area (Å²) in [6, 6.07) is 2.11. The first-order valence-electron chi connectivity index (χ1n) is 6.07. The van der Waals surface area contributed by atoms with Crippen LogP contribution in [0.1, 0.15) is 25.3 Å². The van der Waals surface area contributed by atoms with E-state index in [1.807, 2.05) is 0 Å². The number of carbonyl (C=O) groups excluding carboxylic acids is 1. The first-order chi connectivity index (χ1) is 9.43. The van der Waals surface area contributed by atoms with Gasteiger partial charge in [0, 0.05) is 17.9 Å². The summed E-state index contributed by atoms with van der Waals surface area (Å²) < 4.78 is 37.3. The molecule has 4 nitrogen and oxygen atoms in total. The molecule has 0 fully saturated rings. The molecule has 0 aliphatic heterocycles. The van der Waals surface area contributed by atoms with Gasteiger partial charge in [-0.05, 0) is 25.0 Å². The zero-order chi connectivity index (χ0) is 14.9. The van der Waals surface area contributed by atoms with Crippen LogP contribution >= 0.6 is 0 Å². The van der Waals surface area contributed by atoms with Crippen LogP contribution in [0.4, 0.5) is 8.78 Å². The van der Waals surface area contributed by atoms with Crippen LogP contribution in [0.3, 0.4) is 0 Å². The van der Waals surface area contributed by atoms with E-state index in [4.69, 9.17) is 4.42 Å². The Balaban J connectivity index is 2.62. The van der Waals surface area contributed by atoms with E-state index in [2.05, 4.69) is 4.74 Å². The van der Waals surface area contributed by atoms with Crippen molar-refractivity contribution in [3.05, 3.63) is 39.8 Å². The third-order valence-corrected chi connectivity index (χ3v) is 2.76. The summed E-state index contributed by atoms with van der Waals surface area (Å²) in [5.74, 6) is -3.80. The average Bonchev–Trinajstić information content (AvgIpc) is 2.36. The SMILES string of the molecule is CCCC(=O)Oc1c(F)cc2c(C)cc(=O)oc2c1F.